The zero-order chi connectivity index (χ0) is 20.0. The van der Waals surface area contributed by atoms with E-state index < -0.39 is 28.6 Å². The average Bonchev–Trinajstić information content (AvgIpc) is 2.65. The van der Waals surface area contributed by atoms with Crippen LogP contribution < -0.4 is 10.6 Å². The summed E-state index contributed by atoms with van der Waals surface area (Å²) in [4.78, 5) is 20.6. The number of non-ortho nitro benzene ring substituents is 1. The zero-order valence-corrected chi connectivity index (χ0v) is 14.6. The summed E-state index contributed by atoms with van der Waals surface area (Å²) >= 11 is 5.09. The molecule has 0 heterocycles. The number of hydrogen-bond donors (Lipinski definition) is 4. The van der Waals surface area contributed by atoms with Crippen molar-refractivity contribution in [3.8, 4) is 0 Å². The predicted molar refractivity (Wildman–Crippen MR) is 101 cm³/mol. The van der Waals surface area contributed by atoms with Crippen LogP contribution in [0.15, 0.2) is 48.5 Å². The summed E-state index contributed by atoms with van der Waals surface area (Å²) in [6.45, 7) is -0.503. The van der Waals surface area contributed by atoms with E-state index >= 15 is 0 Å². The first-order valence-corrected chi connectivity index (χ1v) is 8.08. The summed E-state index contributed by atoms with van der Waals surface area (Å²) in [6.07, 6.45) is -1.22. The van der Waals surface area contributed by atoms with E-state index in [0.717, 1.165) is 0 Å². The van der Waals surface area contributed by atoms with E-state index in [1.165, 1.54) is 42.5 Å². The van der Waals surface area contributed by atoms with Gasteiger partial charge in [0.05, 0.1) is 22.5 Å². The van der Waals surface area contributed by atoms with Crippen LogP contribution in [0.4, 0.5) is 17.1 Å². The molecular weight excluding hydrogens is 376 g/mol. The highest BCUT2D eigenvalue weighted by Gasteiger charge is 2.22. The Bertz CT molecular complexity index is 845. The van der Waals surface area contributed by atoms with Gasteiger partial charge < -0.3 is 20.8 Å². The molecule has 0 fully saturated rings. The summed E-state index contributed by atoms with van der Waals surface area (Å²) in [5, 5.41) is 46.9. The van der Waals surface area contributed by atoms with Gasteiger partial charge in [-0.25, -0.2) is 0 Å². The van der Waals surface area contributed by atoms with E-state index in [2.05, 4.69) is 10.6 Å². The van der Waals surface area contributed by atoms with Crippen molar-refractivity contribution in [2.24, 2.45) is 0 Å². The van der Waals surface area contributed by atoms with Gasteiger partial charge in [-0.3, -0.25) is 20.2 Å². The van der Waals surface area contributed by atoms with Gasteiger partial charge in [-0.15, -0.1) is 0 Å². The molecule has 0 aromatic heterocycles. The minimum Gasteiger partial charge on any atom is -0.394 e. The molecule has 0 spiro atoms. The number of nitrogens with one attached hydrogen (secondary N) is 2. The maximum absolute atomic E-state index is 11.0. The maximum atomic E-state index is 11.0. The molecule has 2 unspecified atom stereocenters. The van der Waals surface area contributed by atoms with Gasteiger partial charge in [-0.2, -0.15) is 0 Å². The van der Waals surface area contributed by atoms with Gasteiger partial charge in [0.2, 0.25) is 0 Å². The Morgan fingerprint density at radius 2 is 1.70 bits per heavy atom. The van der Waals surface area contributed by atoms with Crippen molar-refractivity contribution in [1.82, 2.24) is 5.32 Å². The molecule has 2 atom stereocenters. The van der Waals surface area contributed by atoms with E-state index in [1.54, 1.807) is 6.07 Å². The summed E-state index contributed by atoms with van der Waals surface area (Å²) in [5.74, 6) is 0. The van der Waals surface area contributed by atoms with Gasteiger partial charge in [0.15, 0.2) is 5.11 Å². The lowest BCUT2D eigenvalue weighted by Crippen LogP contribution is -2.43. The van der Waals surface area contributed by atoms with Crippen LogP contribution in [0, 0.1) is 20.2 Å². The zero-order valence-electron chi connectivity index (χ0n) is 13.8. The number of nitro benzene ring substituents is 2. The molecule has 0 bridgehead atoms. The molecule has 0 aliphatic heterocycles. The lowest BCUT2D eigenvalue weighted by Gasteiger charge is -2.24. The highest BCUT2D eigenvalue weighted by atomic mass is 32.1. The van der Waals surface area contributed by atoms with Gasteiger partial charge in [-0.1, -0.05) is 12.1 Å². The van der Waals surface area contributed by atoms with Crippen LogP contribution in [0.5, 0.6) is 0 Å². The van der Waals surface area contributed by atoms with Crippen molar-refractivity contribution in [1.29, 1.82) is 0 Å². The lowest BCUT2D eigenvalue weighted by atomic mass is 10.0. The molecule has 0 saturated carbocycles. The first kappa shape index (κ1) is 20.2. The molecule has 0 radical (unpaired) electrons. The summed E-state index contributed by atoms with van der Waals surface area (Å²) in [5.41, 5.74) is 0.174. The largest absolute Gasteiger partial charge is 0.394 e. The molecule has 0 aliphatic rings. The summed E-state index contributed by atoms with van der Waals surface area (Å²) in [7, 11) is 0. The third-order valence-corrected chi connectivity index (χ3v) is 3.91. The van der Waals surface area contributed by atoms with Crippen LogP contribution in [-0.4, -0.2) is 37.8 Å². The molecule has 0 amide bonds. The number of benzene rings is 2. The van der Waals surface area contributed by atoms with Crippen molar-refractivity contribution < 1.29 is 20.1 Å². The van der Waals surface area contributed by atoms with Crippen LogP contribution in [-0.2, 0) is 0 Å². The Hall–Kier alpha value is -3.15. The molecule has 10 nitrogen and oxygen atoms in total. The average molecular weight is 392 g/mol. The molecule has 2 aromatic rings. The number of nitrogens with zero attached hydrogens (tertiary/aromatic N) is 2. The van der Waals surface area contributed by atoms with Crippen molar-refractivity contribution in [2.45, 2.75) is 12.1 Å². The maximum Gasteiger partial charge on any atom is 0.292 e. The highest BCUT2D eigenvalue weighted by Crippen LogP contribution is 2.24. The Morgan fingerprint density at radius 3 is 2.26 bits per heavy atom. The second kappa shape index (κ2) is 8.98. The normalized spacial score (nSPS) is 12.7. The van der Waals surface area contributed by atoms with E-state index in [1.807, 2.05) is 0 Å². The number of nitro groups is 2. The minimum atomic E-state index is -1.22. The molecule has 27 heavy (non-hydrogen) atoms. The molecule has 0 aliphatic carbocycles. The lowest BCUT2D eigenvalue weighted by molar-refractivity contribution is -0.384. The number of aliphatic hydroxyl groups excluding tert-OH is 2. The Labute approximate surface area is 158 Å². The SMILES string of the molecule is O=[N+]([O-])c1ccc(C(O)C(CO)NC(=S)Nc2ccccc2[N+](=O)[O-])cc1. The van der Waals surface area contributed by atoms with Gasteiger partial charge in [0, 0.05) is 18.2 Å². The van der Waals surface area contributed by atoms with E-state index in [4.69, 9.17) is 12.2 Å². The van der Waals surface area contributed by atoms with Gasteiger partial charge in [0.1, 0.15) is 11.8 Å². The van der Waals surface area contributed by atoms with Crippen molar-refractivity contribution in [2.75, 3.05) is 11.9 Å². The molecule has 142 valence electrons. The summed E-state index contributed by atoms with van der Waals surface area (Å²) in [6, 6.07) is 10.1. The number of thiocarbonyl (C=S) groups is 1. The van der Waals surface area contributed by atoms with E-state index in [9.17, 15) is 30.4 Å². The fourth-order valence-electron chi connectivity index (χ4n) is 2.32. The van der Waals surface area contributed by atoms with Crippen LogP contribution in [0.2, 0.25) is 0 Å². The number of rotatable bonds is 7. The quantitative estimate of drug-likeness (QED) is 0.314. The van der Waals surface area contributed by atoms with Gasteiger partial charge >= 0.3 is 0 Å². The first-order chi connectivity index (χ1) is 12.8. The Morgan fingerprint density at radius 1 is 1.07 bits per heavy atom. The second-order valence-electron chi connectivity index (χ2n) is 5.46. The van der Waals surface area contributed by atoms with Crippen molar-refractivity contribution in [3.63, 3.8) is 0 Å². The number of para-hydroxylation sites is 2. The third-order valence-electron chi connectivity index (χ3n) is 3.69. The Balaban J connectivity index is 2.08. The molecule has 0 saturated heterocycles. The standard InChI is InChI=1S/C16H16N4O6S/c21-9-13(15(22)10-5-7-11(8-6-10)19(23)24)18-16(27)17-12-3-1-2-4-14(12)20(25)26/h1-8,13,15,21-22H,9H2,(H2,17,18,27). The molecule has 4 N–H and O–H groups in total. The fourth-order valence-corrected chi connectivity index (χ4v) is 2.58. The first-order valence-electron chi connectivity index (χ1n) is 7.67. The molecule has 11 heteroatoms. The summed E-state index contributed by atoms with van der Waals surface area (Å²) < 4.78 is 0. The smallest absolute Gasteiger partial charge is 0.292 e. The van der Waals surface area contributed by atoms with Crippen molar-refractivity contribution >= 4 is 34.4 Å². The third kappa shape index (κ3) is 5.17. The fraction of sp³-hybridized carbons (Fsp3) is 0.188. The van der Waals surface area contributed by atoms with Gasteiger partial charge in [-0.05, 0) is 36.0 Å². The van der Waals surface area contributed by atoms with Crippen LogP contribution in [0.3, 0.4) is 0 Å². The number of hydrogen-bond acceptors (Lipinski definition) is 7. The number of aliphatic hydroxyl groups is 2. The van der Waals surface area contributed by atoms with Crippen LogP contribution >= 0.6 is 12.2 Å². The molecule has 2 rings (SSSR count). The second-order valence-corrected chi connectivity index (χ2v) is 5.86. The molecule has 2 aromatic carbocycles. The van der Waals surface area contributed by atoms with E-state index in [-0.39, 0.29) is 22.2 Å². The van der Waals surface area contributed by atoms with Crippen LogP contribution in [0.25, 0.3) is 0 Å². The monoisotopic (exact) mass is 392 g/mol. The number of anilines is 1. The highest BCUT2D eigenvalue weighted by molar-refractivity contribution is 7.80. The predicted octanol–water partition coefficient (Wildman–Crippen LogP) is 1.88. The van der Waals surface area contributed by atoms with Crippen LogP contribution in [0.1, 0.15) is 11.7 Å². The topological polar surface area (TPSA) is 151 Å². The van der Waals surface area contributed by atoms with E-state index in [0.29, 0.717) is 5.56 Å². The van der Waals surface area contributed by atoms with Gasteiger partial charge in [0.25, 0.3) is 11.4 Å². The van der Waals surface area contributed by atoms with Crippen molar-refractivity contribution in [3.05, 3.63) is 74.3 Å². The minimum absolute atomic E-state index is 0.0377. The molecular formula is C16H16N4O6S. The Kier molecular flexibility index (Phi) is 6.71.